The molecule has 2 rings (SSSR count). The molecule has 1 aromatic rings. The van der Waals surface area contributed by atoms with Gasteiger partial charge in [-0.05, 0) is 49.0 Å². The first-order chi connectivity index (χ1) is 7.31. The molecule has 2 nitrogen and oxygen atoms in total. The Kier molecular flexibility index (Phi) is 3.34. The molecule has 82 valence electrons. The Morgan fingerprint density at radius 1 is 1.33 bits per heavy atom. The van der Waals surface area contributed by atoms with Gasteiger partial charge in [-0.25, -0.2) is 4.39 Å². The van der Waals surface area contributed by atoms with E-state index in [0.717, 1.165) is 37.1 Å². The molecule has 1 aliphatic rings. The second-order valence-electron chi connectivity index (χ2n) is 4.08. The molecule has 0 saturated carbocycles. The van der Waals surface area contributed by atoms with Gasteiger partial charge in [-0.2, -0.15) is 0 Å². The molecule has 0 spiro atoms. The smallest absolute Gasteiger partial charge is 0.126 e. The van der Waals surface area contributed by atoms with Crippen molar-refractivity contribution in [1.29, 1.82) is 0 Å². The normalized spacial score (nSPS) is 18.0. The Bertz CT molecular complexity index is 332. The monoisotopic (exact) mass is 208 g/mol. The lowest BCUT2D eigenvalue weighted by Gasteiger charge is -2.23. The fourth-order valence-corrected chi connectivity index (χ4v) is 2.17. The Morgan fingerprint density at radius 2 is 2.07 bits per heavy atom. The highest BCUT2D eigenvalue weighted by molar-refractivity contribution is 5.28. The summed E-state index contributed by atoms with van der Waals surface area (Å²) in [5.74, 6) is 0.275. The van der Waals surface area contributed by atoms with Crippen LogP contribution in [0.4, 0.5) is 4.39 Å². The van der Waals surface area contributed by atoms with Crippen LogP contribution >= 0.6 is 0 Å². The molecule has 15 heavy (non-hydrogen) atoms. The maximum absolute atomic E-state index is 13.6. The lowest BCUT2D eigenvalue weighted by molar-refractivity contribution is 0.445. The summed E-state index contributed by atoms with van der Waals surface area (Å²) in [5, 5.41) is 3.29. The van der Waals surface area contributed by atoms with E-state index in [9.17, 15) is 4.39 Å². The molecule has 0 atom stereocenters. The van der Waals surface area contributed by atoms with Crippen molar-refractivity contribution in [2.75, 3.05) is 13.1 Å². The highest BCUT2D eigenvalue weighted by Crippen LogP contribution is 2.28. The van der Waals surface area contributed by atoms with Crippen LogP contribution in [0.15, 0.2) is 18.2 Å². The molecule has 0 radical (unpaired) electrons. The van der Waals surface area contributed by atoms with Gasteiger partial charge in [0, 0.05) is 6.54 Å². The van der Waals surface area contributed by atoms with E-state index >= 15 is 0 Å². The summed E-state index contributed by atoms with van der Waals surface area (Å²) >= 11 is 0. The van der Waals surface area contributed by atoms with Crippen LogP contribution in [0.2, 0.25) is 0 Å². The van der Waals surface area contributed by atoms with Crippen molar-refractivity contribution < 1.29 is 4.39 Å². The van der Waals surface area contributed by atoms with Crippen LogP contribution in [0.1, 0.15) is 29.9 Å². The lowest BCUT2D eigenvalue weighted by atomic mass is 9.89. The molecule has 1 aliphatic heterocycles. The molecular weight excluding hydrogens is 191 g/mol. The second kappa shape index (κ2) is 4.73. The predicted molar refractivity (Wildman–Crippen MR) is 59.1 cm³/mol. The van der Waals surface area contributed by atoms with Crippen LogP contribution in [0.3, 0.4) is 0 Å². The fraction of sp³-hybridized carbons (Fsp3) is 0.500. The Labute approximate surface area is 89.7 Å². The third-order valence-electron chi connectivity index (χ3n) is 3.08. The molecule has 1 heterocycles. The molecule has 0 aromatic heterocycles. The van der Waals surface area contributed by atoms with E-state index in [1.165, 1.54) is 0 Å². The van der Waals surface area contributed by atoms with Crippen LogP contribution in [-0.4, -0.2) is 13.1 Å². The average molecular weight is 208 g/mol. The fourth-order valence-electron chi connectivity index (χ4n) is 2.17. The van der Waals surface area contributed by atoms with E-state index in [4.69, 9.17) is 5.73 Å². The van der Waals surface area contributed by atoms with Crippen molar-refractivity contribution in [3.05, 3.63) is 35.1 Å². The van der Waals surface area contributed by atoms with Gasteiger partial charge in [0.05, 0.1) is 0 Å². The topological polar surface area (TPSA) is 38.0 Å². The average Bonchev–Trinajstić information content (AvgIpc) is 2.31. The first-order valence-electron chi connectivity index (χ1n) is 5.50. The largest absolute Gasteiger partial charge is 0.326 e. The van der Waals surface area contributed by atoms with Crippen LogP contribution in [0.25, 0.3) is 0 Å². The zero-order valence-electron chi connectivity index (χ0n) is 8.80. The Morgan fingerprint density at radius 3 is 2.73 bits per heavy atom. The van der Waals surface area contributed by atoms with Gasteiger partial charge in [-0.1, -0.05) is 12.1 Å². The van der Waals surface area contributed by atoms with Crippen molar-refractivity contribution in [3.63, 3.8) is 0 Å². The molecule has 1 aromatic carbocycles. The summed E-state index contributed by atoms with van der Waals surface area (Å²) < 4.78 is 13.6. The summed E-state index contributed by atoms with van der Waals surface area (Å²) in [4.78, 5) is 0. The van der Waals surface area contributed by atoms with Gasteiger partial charge in [0.25, 0.3) is 0 Å². The van der Waals surface area contributed by atoms with Gasteiger partial charge in [-0.3, -0.25) is 0 Å². The minimum absolute atomic E-state index is 0.0842. The zero-order valence-corrected chi connectivity index (χ0v) is 8.80. The van der Waals surface area contributed by atoms with Crippen LogP contribution in [-0.2, 0) is 6.54 Å². The number of nitrogens with two attached hydrogens (primary N) is 1. The van der Waals surface area contributed by atoms with Gasteiger partial charge in [0.15, 0.2) is 0 Å². The van der Waals surface area contributed by atoms with Gasteiger partial charge in [0.2, 0.25) is 0 Å². The number of hydrogen-bond donors (Lipinski definition) is 2. The lowest BCUT2D eigenvalue weighted by Crippen LogP contribution is -2.27. The number of nitrogens with one attached hydrogen (secondary N) is 1. The summed E-state index contributed by atoms with van der Waals surface area (Å²) in [6, 6.07) is 5.23. The van der Waals surface area contributed by atoms with Crippen molar-refractivity contribution in [1.82, 2.24) is 5.32 Å². The third-order valence-corrected chi connectivity index (χ3v) is 3.08. The highest BCUT2D eigenvalue weighted by Gasteiger charge is 2.18. The molecule has 0 unspecified atom stereocenters. The Hall–Kier alpha value is -0.930. The molecular formula is C12H17FN2. The molecule has 1 saturated heterocycles. The SMILES string of the molecule is NCc1ccc(F)c(C2CCNCC2)c1. The first-order valence-corrected chi connectivity index (χ1v) is 5.50. The predicted octanol–water partition coefficient (Wildman–Crippen LogP) is 1.75. The maximum atomic E-state index is 13.6. The van der Waals surface area contributed by atoms with Gasteiger partial charge in [0.1, 0.15) is 5.82 Å². The summed E-state index contributed by atoms with van der Waals surface area (Å²) in [5.41, 5.74) is 7.43. The van der Waals surface area contributed by atoms with Gasteiger partial charge < -0.3 is 11.1 Å². The number of hydrogen-bond acceptors (Lipinski definition) is 2. The van der Waals surface area contributed by atoms with E-state index in [0.29, 0.717) is 12.5 Å². The first kappa shape index (κ1) is 10.6. The number of piperidine rings is 1. The van der Waals surface area contributed by atoms with Crippen LogP contribution in [0.5, 0.6) is 0 Å². The maximum Gasteiger partial charge on any atom is 0.126 e. The highest BCUT2D eigenvalue weighted by atomic mass is 19.1. The molecule has 0 bridgehead atoms. The summed E-state index contributed by atoms with van der Waals surface area (Å²) in [6.45, 7) is 2.45. The van der Waals surface area contributed by atoms with Crippen LogP contribution in [0, 0.1) is 5.82 Å². The molecule has 0 amide bonds. The van der Waals surface area contributed by atoms with Crippen molar-refractivity contribution >= 4 is 0 Å². The standard InChI is InChI=1S/C12H17FN2/c13-12-2-1-9(8-14)7-11(12)10-3-5-15-6-4-10/h1-2,7,10,15H,3-6,8,14H2. The van der Waals surface area contributed by atoms with Crippen molar-refractivity contribution in [2.24, 2.45) is 5.73 Å². The minimum atomic E-state index is -0.0842. The minimum Gasteiger partial charge on any atom is -0.326 e. The third kappa shape index (κ3) is 2.36. The van der Waals surface area contributed by atoms with E-state index in [2.05, 4.69) is 5.32 Å². The summed E-state index contributed by atoms with van der Waals surface area (Å²) in [7, 11) is 0. The zero-order chi connectivity index (χ0) is 10.7. The number of halogens is 1. The summed E-state index contributed by atoms with van der Waals surface area (Å²) in [6.07, 6.45) is 2.04. The van der Waals surface area contributed by atoms with E-state index in [1.807, 2.05) is 6.07 Å². The number of rotatable bonds is 2. The van der Waals surface area contributed by atoms with Crippen molar-refractivity contribution in [2.45, 2.75) is 25.3 Å². The number of benzene rings is 1. The van der Waals surface area contributed by atoms with Gasteiger partial charge in [-0.15, -0.1) is 0 Å². The van der Waals surface area contributed by atoms with E-state index in [-0.39, 0.29) is 5.82 Å². The quantitative estimate of drug-likeness (QED) is 0.777. The van der Waals surface area contributed by atoms with E-state index < -0.39 is 0 Å². The second-order valence-corrected chi connectivity index (χ2v) is 4.08. The Balaban J connectivity index is 2.24. The van der Waals surface area contributed by atoms with E-state index in [1.54, 1.807) is 12.1 Å². The van der Waals surface area contributed by atoms with Crippen LogP contribution < -0.4 is 11.1 Å². The van der Waals surface area contributed by atoms with Crippen molar-refractivity contribution in [3.8, 4) is 0 Å². The molecule has 0 aliphatic carbocycles. The molecule has 3 heteroatoms. The molecule has 3 N–H and O–H groups in total. The van der Waals surface area contributed by atoms with Gasteiger partial charge >= 0.3 is 0 Å². The molecule has 1 fully saturated rings.